The molecule has 1 aliphatic heterocycles. The number of esters is 1. The lowest BCUT2D eigenvalue weighted by atomic mass is 10.1. The first-order chi connectivity index (χ1) is 15.4. The van der Waals surface area contributed by atoms with Gasteiger partial charge in [0.05, 0.1) is 19.4 Å². The number of methoxy groups -OCH3 is 1. The zero-order valence-electron chi connectivity index (χ0n) is 18.0. The Morgan fingerprint density at radius 2 is 1.72 bits per heavy atom. The molecule has 0 atom stereocenters. The monoisotopic (exact) mass is 436 g/mol. The first-order valence-corrected chi connectivity index (χ1v) is 9.96. The van der Waals surface area contributed by atoms with Crippen LogP contribution in [0.5, 0.6) is 11.5 Å². The Morgan fingerprint density at radius 1 is 1.06 bits per heavy atom. The number of aliphatic hydroxyl groups excluding tert-OH is 1. The molecule has 0 bridgehead atoms. The van der Waals surface area contributed by atoms with Gasteiger partial charge in [0.2, 0.25) is 0 Å². The lowest BCUT2D eigenvalue weighted by molar-refractivity contribution is -0.138. The summed E-state index contributed by atoms with van der Waals surface area (Å²) in [7, 11) is 1.57. The SMILES string of the molecule is CCOC(=O)C1=C(O)/C(=C/c2ccc(OCC(=O)Nc3ccc(OC)cc3)cc2)N=C1C. The van der Waals surface area contributed by atoms with E-state index in [1.807, 2.05) is 0 Å². The lowest BCUT2D eigenvalue weighted by Gasteiger charge is -2.08. The minimum Gasteiger partial charge on any atom is -0.505 e. The number of nitrogens with one attached hydrogen (secondary N) is 1. The number of hydrogen-bond acceptors (Lipinski definition) is 7. The second-order valence-corrected chi connectivity index (χ2v) is 6.81. The number of aliphatic hydroxyl groups is 1. The van der Waals surface area contributed by atoms with Gasteiger partial charge in [-0.25, -0.2) is 9.79 Å². The van der Waals surface area contributed by atoms with Gasteiger partial charge in [-0.1, -0.05) is 12.1 Å². The molecule has 3 rings (SSSR count). The maximum absolute atomic E-state index is 12.1. The highest BCUT2D eigenvalue weighted by atomic mass is 16.5. The largest absolute Gasteiger partial charge is 0.505 e. The third-order valence-electron chi connectivity index (χ3n) is 4.54. The number of carbonyl (C=O) groups excluding carboxylic acids is 2. The molecule has 8 heteroatoms. The third-order valence-corrected chi connectivity index (χ3v) is 4.54. The molecule has 1 amide bonds. The molecule has 2 aromatic carbocycles. The van der Waals surface area contributed by atoms with Crippen LogP contribution in [0.4, 0.5) is 5.69 Å². The van der Waals surface area contributed by atoms with E-state index in [2.05, 4.69) is 10.3 Å². The van der Waals surface area contributed by atoms with Crippen molar-refractivity contribution in [3.8, 4) is 11.5 Å². The van der Waals surface area contributed by atoms with Crippen LogP contribution in [-0.2, 0) is 14.3 Å². The van der Waals surface area contributed by atoms with Crippen LogP contribution in [0.1, 0.15) is 19.4 Å². The van der Waals surface area contributed by atoms with Crippen LogP contribution in [0, 0.1) is 0 Å². The molecule has 0 saturated heterocycles. The number of rotatable bonds is 8. The van der Waals surface area contributed by atoms with E-state index in [0.717, 1.165) is 5.56 Å². The molecular formula is C24H24N2O6. The normalized spacial score (nSPS) is 14.2. The van der Waals surface area contributed by atoms with Crippen molar-refractivity contribution >= 4 is 29.4 Å². The predicted octanol–water partition coefficient (Wildman–Crippen LogP) is 3.90. The van der Waals surface area contributed by atoms with E-state index in [1.54, 1.807) is 75.6 Å². The smallest absolute Gasteiger partial charge is 0.343 e. The highest BCUT2D eigenvalue weighted by Gasteiger charge is 2.27. The van der Waals surface area contributed by atoms with Crippen molar-refractivity contribution in [2.24, 2.45) is 4.99 Å². The highest BCUT2D eigenvalue weighted by molar-refractivity contribution is 6.22. The second kappa shape index (κ2) is 10.3. The Bertz CT molecular complexity index is 1080. The summed E-state index contributed by atoms with van der Waals surface area (Å²) in [6.07, 6.45) is 1.64. The summed E-state index contributed by atoms with van der Waals surface area (Å²) < 4.78 is 15.6. The molecule has 0 unspecified atom stereocenters. The van der Waals surface area contributed by atoms with Gasteiger partial charge in [-0.05, 0) is 61.9 Å². The van der Waals surface area contributed by atoms with E-state index in [1.165, 1.54) is 0 Å². The molecule has 1 heterocycles. The van der Waals surface area contributed by atoms with Gasteiger partial charge < -0.3 is 24.6 Å². The van der Waals surface area contributed by atoms with Crippen molar-refractivity contribution in [1.29, 1.82) is 0 Å². The number of ether oxygens (including phenoxy) is 3. The van der Waals surface area contributed by atoms with Gasteiger partial charge in [0.1, 0.15) is 22.8 Å². The van der Waals surface area contributed by atoms with Crippen molar-refractivity contribution in [2.75, 3.05) is 25.6 Å². The van der Waals surface area contributed by atoms with Crippen molar-refractivity contribution in [3.05, 3.63) is 71.1 Å². The van der Waals surface area contributed by atoms with E-state index in [0.29, 0.717) is 22.9 Å². The number of aliphatic imine (C=N–C) groups is 1. The average Bonchev–Trinajstić information content (AvgIpc) is 3.06. The van der Waals surface area contributed by atoms with Crippen LogP contribution in [0.2, 0.25) is 0 Å². The fraction of sp³-hybridized carbons (Fsp3) is 0.208. The minimum absolute atomic E-state index is 0.0703. The topological polar surface area (TPSA) is 106 Å². The first-order valence-electron chi connectivity index (χ1n) is 9.96. The molecular weight excluding hydrogens is 412 g/mol. The molecule has 0 saturated carbocycles. The van der Waals surface area contributed by atoms with Gasteiger partial charge in [-0.2, -0.15) is 0 Å². The number of amides is 1. The molecule has 8 nitrogen and oxygen atoms in total. The summed E-state index contributed by atoms with van der Waals surface area (Å²) in [5.74, 6) is 0.102. The maximum atomic E-state index is 12.1. The van der Waals surface area contributed by atoms with E-state index in [4.69, 9.17) is 14.2 Å². The number of nitrogens with zero attached hydrogens (tertiary/aromatic N) is 1. The summed E-state index contributed by atoms with van der Waals surface area (Å²) in [5.41, 5.74) is 2.13. The average molecular weight is 436 g/mol. The van der Waals surface area contributed by atoms with Crippen molar-refractivity contribution < 1.29 is 28.9 Å². The number of anilines is 1. The lowest BCUT2D eigenvalue weighted by Crippen LogP contribution is -2.20. The molecule has 0 aliphatic carbocycles. The van der Waals surface area contributed by atoms with Gasteiger partial charge in [0, 0.05) is 5.69 Å². The van der Waals surface area contributed by atoms with Gasteiger partial charge in [0.25, 0.3) is 5.91 Å². The van der Waals surface area contributed by atoms with Gasteiger partial charge >= 0.3 is 5.97 Å². The van der Waals surface area contributed by atoms with E-state index < -0.39 is 5.97 Å². The first kappa shape index (κ1) is 22.6. The molecule has 0 radical (unpaired) electrons. The van der Waals surface area contributed by atoms with E-state index >= 15 is 0 Å². The zero-order valence-corrected chi connectivity index (χ0v) is 18.0. The van der Waals surface area contributed by atoms with Crippen molar-refractivity contribution in [2.45, 2.75) is 13.8 Å². The molecule has 1 aliphatic rings. The third kappa shape index (κ3) is 5.54. The van der Waals surface area contributed by atoms with E-state index in [-0.39, 0.29) is 36.2 Å². The fourth-order valence-corrected chi connectivity index (χ4v) is 2.98. The van der Waals surface area contributed by atoms with E-state index in [9.17, 15) is 14.7 Å². The molecule has 2 N–H and O–H groups in total. The van der Waals surface area contributed by atoms with Gasteiger partial charge in [-0.15, -0.1) is 0 Å². The summed E-state index contributed by atoms with van der Waals surface area (Å²) in [6.45, 7) is 3.39. The Kier molecular flexibility index (Phi) is 7.28. The molecule has 0 spiro atoms. The van der Waals surface area contributed by atoms with Crippen LogP contribution in [-0.4, -0.2) is 43.0 Å². The summed E-state index contributed by atoms with van der Waals surface area (Å²) in [4.78, 5) is 28.3. The molecule has 2 aromatic rings. The minimum atomic E-state index is -0.605. The highest BCUT2D eigenvalue weighted by Crippen LogP contribution is 2.27. The quantitative estimate of drug-likeness (QED) is 0.608. The molecule has 32 heavy (non-hydrogen) atoms. The number of hydrogen-bond donors (Lipinski definition) is 2. The molecule has 0 aromatic heterocycles. The Balaban J connectivity index is 1.59. The predicted molar refractivity (Wildman–Crippen MR) is 121 cm³/mol. The van der Waals surface area contributed by atoms with Gasteiger partial charge in [0.15, 0.2) is 12.4 Å². The number of benzene rings is 2. The van der Waals surface area contributed by atoms with Crippen LogP contribution in [0.15, 0.2) is 70.6 Å². The Hall–Kier alpha value is -4.07. The van der Waals surface area contributed by atoms with Crippen molar-refractivity contribution in [3.63, 3.8) is 0 Å². The van der Waals surface area contributed by atoms with Gasteiger partial charge in [-0.3, -0.25) is 4.79 Å². The summed E-state index contributed by atoms with van der Waals surface area (Å²) >= 11 is 0. The Labute approximate surface area is 185 Å². The summed E-state index contributed by atoms with van der Waals surface area (Å²) in [5, 5.41) is 13.1. The Morgan fingerprint density at radius 3 is 2.34 bits per heavy atom. The molecule has 166 valence electrons. The second-order valence-electron chi connectivity index (χ2n) is 6.81. The van der Waals surface area contributed by atoms with Crippen LogP contribution < -0.4 is 14.8 Å². The zero-order chi connectivity index (χ0) is 23.1. The summed E-state index contributed by atoms with van der Waals surface area (Å²) in [6, 6.07) is 13.9. The fourth-order valence-electron chi connectivity index (χ4n) is 2.98. The standard InChI is InChI=1S/C24H24N2O6/c1-4-31-24(29)22-15(2)25-20(23(22)28)13-16-5-9-19(10-6-16)32-14-21(27)26-17-7-11-18(30-3)12-8-17/h5-13,28H,4,14H2,1-3H3,(H,26,27)/b20-13-. The maximum Gasteiger partial charge on any atom is 0.343 e. The molecule has 0 fully saturated rings. The van der Waals surface area contributed by atoms with Crippen molar-refractivity contribution in [1.82, 2.24) is 0 Å². The van der Waals surface area contributed by atoms with Crippen LogP contribution in [0.25, 0.3) is 6.08 Å². The number of carbonyl (C=O) groups is 2. The van der Waals surface area contributed by atoms with Crippen LogP contribution >= 0.6 is 0 Å². The van der Waals surface area contributed by atoms with Crippen LogP contribution in [0.3, 0.4) is 0 Å².